The van der Waals surface area contributed by atoms with Crippen LogP contribution in [0.5, 0.6) is 11.5 Å². The van der Waals surface area contributed by atoms with Crippen molar-refractivity contribution in [3.8, 4) is 28.8 Å². The van der Waals surface area contributed by atoms with E-state index in [4.69, 9.17) is 4.74 Å². The Kier molecular flexibility index (Phi) is 6.74. The van der Waals surface area contributed by atoms with Crippen LogP contribution in [0.4, 0.5) is 13.2 Å². The summed E-state index contributed by atoms with van der Waals surface area (Å²) in [6.07, 6.45) is -4.87. The van der Waals surface area contributed by atoms with Crippen LogP contribution in [-0.2, 0) is 12.7 Å². The number of nitrogens with zero attached hydrogens (tertiary/aromatic N) is 3. The molecule has 0 spiro atoms. The second-order valence-electron chi connectivity index (χ2n) is 9.24. The second kappa shape index (κ2) is 10.0. The van der Waals surface area contributed by atoms with Gasteiger partial charge in [-0.25, -0.2) is 4.98 Å². The topological polar surface area (TPSA) is 67.9 Å². The van der Waals surface area contributed by atoms with E-state index in [1.807, 2.05) is 57.2 Å². The third-order valence-corrected chi connectivity index (χ3v) is 7.35. The maximum Gasteiger partial charge on any atom is 0.417 e. The molecular formula is C30H22F3N3O2S. The Morgan fingerprint density at radius 1 is 0.974 bits per heavy atom. The van der Waals surface area contributed by atoms with Crippen LogP contribution in [0, 0.1) is 32.1 Å². The van der Waals surface area contributed by atoms with E-state index in [-0.39, 0.29) is 12.2 Å². The molecule has 5 rings (SSSR count). The third-order valence-electron chi connectivity index (χ3n) is 6.40. The largest absolute Gasteiger partial charge is 0.457 e. The van der Waals surface area contributed by atoms with Gasteiger partial charge in [-0.05, 0) is 79.9 Å². The minimum atomic E-state index is -4.87. The molecule has 0 aliphatic carbocycles. The summed E-state index contributed by atoms with van der Waals surface area (Å²) in [5, 5.41) is 10.4. The molecule has 5 aromatic rings. The number of benzene rings is 3. The predicted octanol–water partition coefficient (Wildman–Crippen LogP) is 7.78. The lowest BCUT2D eigenvalue weighted by atomic mass is 10.0. The molecule has 9 heteroatoms. The highest BCUT2D eigenvalue weighted by molar-refractivity contribution is 7.18. The molecule has 2 heterocycles. The lowest BCUT2D eigenvalue weighted by Gasteiger charge is -2.19. The normalized spacial score (nSPS) is 11.5. The first-order chi connectivity index (χ1) is 18.5. The summed E-state index contributed by atoms with van der Waals surface area (Å²) in [6, 6.07) is 20.0. The molecule has 3 aromatic carbocycles. The molecule has 2 aromatic heterocycles. The number of aromatic nitrogens is 2. The summed E-state index contributed by atoms with van der Waals surface area (Å²) in [4.78, 5) is 17.7. The smallest absolute Gasteiger partial charge is 0.417 e. The van der Waals surface area contributed by atoms with Gasteiger partial charge < -0.3 is 9.30 Å². The van der Waals surface area contributed by atoms with Crippen LogP contribution in [0.3, 0.4) is 0 Å². The summed E-state index contributed by atoms with van der Waals surface area (Å²) < 4.78 is 49.8. The number of pyridine rings is 1. The van der Waals surface area contributed by atoms with Crippen molar-refractivity contribution in [3.05, 3.63) is 110 Å². The summed E-state index contributed by atoms with van der Waals surface area (Å²) in [5.74, 6) is 1.04. The van der Waals surface area contributed by atoms with Crippen molar-refractivity contribution in [1.82, 2.24) is 9.55 Å². The first kappa shape index (κ1) is 26.2. The van der Waals surface area contributed by atoms with Gasteiger partial charge in [0, 0.05) is 6.07 Å². The summed E-state index contributed by atoms with van der Waals surface area (Å²) in [7, 11) is 0. The number of thiazole rings is 1. The number of hydrogen-bond acceptors (Lipinski definition) is 5. The van der Waals surface area contributed by atoms with Crippen LogP contribution < -0.4 is 10.3 Å². The van der Waals surface area contributed by atoms with E-state index in [1.54, 1.807) is 35.6 Å². The van der Waals surface area contributed by atoms with E-state index in [2.05, 4.69) is 4.98 Å². The lowest BCUT2D eigenvalue weighted by molar-refractivity contribution is -0.137. The zero-order chi connectivity index (χ0) is 27.9. The molecule has 0 fully saturated rings. The lowest BCUT2D eigenvalue weighted by Crippen LogP contribution is -2.29. The van der Waals surface area contributed by atoms with E-state index >= 15 is 0 Å². The highest BCUT2D eigenvalue weighted by Gasteiger charge is 2.36. The number of ether oxygens (including phenoxy) is 1. The zero-order valence-electron chi connectivity index (χ0n) is 21.3. The number of aryl methyl sites for hydroxylation is 3. The summed E-state index contributed by atoms with van der Waals surface area (Å²) in [6.45, 7) is 5.74. The van der Waals surface area contributed by atoms with Crippen LogP contribution in [0.15, 0.2) is 71.5 Å². The molecule has 0 aliphatic heterocycles. The molecule has 196 valence electrons. The molecule has 5 nitrogen and oxygen atoms in total. The van der Waals surface area contributed by atoms with Crippen LogP contribution in [0.2, 0.25) is 0 Å². The number of fused-ring (bicyclic) bond motifs is 1. The van der Waals surface area contributed by atoms with Crippen molar-refractivity contribution in [2.24, 2.45) is 0 Å². The number of alkyl halides is 3. The Bertz CT molecular complexity index is 1810. The maximum absolute atomic E-state index is 13.9. The quantitative estimate of drug-likeness (QED) is 0.226. The van der Waals surface area contributed by atoms with Gasteiger partial charge in [-0.1, -0.05) is 23.8 Å². The molecule has 0 amide bonds. The highest BCUT2D eigenvalue weighted by atomic mass is 32.1. The van der Waals surface area contributed by atoms with Crippen LogP contribution in [-0.4, -0.2) is 9.55 Å². The van der Waals surface area contributed by atoms with Gasteiger partial charge in [-0.3, -0.25) is 4.79 Å². The molecule has 0 bridgehead atoms. The van der Waals surface area contributed by atoms with Crippen molar-refractivity contribution >= 4 is 21.6 Å². The summed E-state index contributed by atoms with van der Waals surface area (Å²) in [5.41, 5.74) is 0.754. The van der Waals surface area contributed by atoms with Crippen LogP contribution in [0.1, 0.15) is 32.8 Å². The van der Waals surface area contributed by atoms with E-state index in [1.165, 1.54) is 10.6 Å². The van der Waals surface area contributed by atoms with Crippen molar-refractivity contribution in [3.63, 3.8) is 0 Å². The van der Waals surface area contributed by atoms with Crippen molar-refractivity contribution in [2.45, 2.75) is 33.5 Å². The van der Waals surface area contributed by atoms with Gasteiger partial charge in [0.1, 0.15) is 23.1 Å². The third kappa shape index (κ3) is 5.29. The Morgan fingerprint density at radius 2 is 1.69 bits per heavy atom. The highest BCUT2D eigenvalue weighted by Crippen LogP contribution is 2.35. The molecule has 0 saturated carbocycles. The van der Waals surface area contributed by atoms with Gasteiger partial charge in [0.2, 0.25) is 0 Å². The Morgan fingerprint density at radius 3 is 2.36 bits per heavy atom. The van der Waals surface area contributed by atoms with E-state index in [0.29, 0.717) is 17.1 Å². The van der Waals surface area contributed by atoms with Gasteiger partial charge in [0.15, 0.2) is 0 Å². The number of rotatable bonds is 5. The Labute approximate surface area is 226 Å². The fourth-order valence-electron chi connectivity index (χ4n) is 4.48. The summed E-state index contributed by atoms with van der Waals surface area (Å²) >= 11 is 1.58. The zero-order valence-corrected chi connectivity index (χ0v) is 22.1. The van der Waals surface area contributed by atoms with Crippen molar-refractivity contribution < 1.29 is 17.9 Å². The van der Waals surface area contributed by atoms with E-state index in [0.717, 1.165) is 38.0 Å². The van der Waals surface area contributed by atoms with Gasteiger partial charge in [0.25, 0.3) is 5.56 Å². The fraction of sp³-hybridized carbons (Fsp3) is 0.167. The predicted molar refractivity (Wildman–Crippen MR) is 145 cm³/mol. The molecule has 0 unspecified atom stereocenters. The SMILES string of the molecule is Cc1ccc(Cn2c(-c3ccc(Oc4ccc5sc(C)nc5c4)cc3)cc(C(F)(F)F)c(C#N)c2=O)c(C)c1. The van der Waals surface area contributed by atoms with E-state index < -0.39 is 22.9 Å². The second-order valence-corrected chi connectivity index (χ2v) is 10.5. The van der Waals surface area contributed by atoms with Crippen molar-refractivity contribution in [2.75, 3.05) is 0 Å². The standard InChI is InChI=1S/C30H22F3N3O2S/c1-17-4-5-21(18(2)12-17)16-36-27(14-25(30(31,32)33)24(15-34)29(36)37)20-6-8-22(9-7-20)38-23-10-11-28-26(13-23)35-19(3)39-28/h4-14H,16H2,1-3H3. The molecule has 0 aliphatic rings. The fourth-order valence-corrected chi connectivity index (χ4v) is 5.29. The van der Waals surface area contributed by atoms with Gasteiger partial charge >= 0.3 is 6.18 Å². The number of hydrogen-bond donors (Lipinski definition) is 0. The van der Waals surface area contributed by atoms with Gasteiger partial charge in [-0.15, -0.1) is 11.3 Å². The Hall–Kier alpha value is -4.42. The first-order valence-electron chi connectivity index (χ1n) is 12.0. The average Bonchev–Trinajstić information content (AvgIpc) is 3.25. The monoisotopic (exact) mass is 545 g/mol. The molecule has 0 radical (unpaired) electrons. The molecule has 0 N–H and O–H groups in total. The van der Waals surface area contributed by atoms with Crippen LogP contribution in [0.25, 0.3) is 21.5 Å². The molecule has 39 heavy (non-hydrogen) atoms. The molecular weight excluding hydrogens is 523 g/mol. The minimum absolute atomic E-state index is 0.0123. The van der Waals surface area contributed by atoms with Gasteiger partial charge in [0.05, 0.1) is 33.0 Å². The average molecular weight is 546 g/mol. The minimum Gasteiger partial charge on any atom is -0.457 e. The number of halogens is 3. The van der Waals surface area contributed by atoms with Gasteiger partial charge in [-0.2, -0.15) is 18.4 Å². The van der Waals surface area contributed by atoms with Crippen molar-refractivity contribution in [1.29, 1.82) is 5.26 Å². The van der Waals surface area contributed by atoms with Crippen LogP contribution >= 0.6 is 11.3 Å². The first-order valence-corrected chi connectivity index (χ1v) is 12.8. The molecule has 0 atom stereocenters. The Balaban J connectivity index is 1.57. The molecule has 0 saturated heterocycles. The maximum atomic E-state index is 13.9. The number of nitriles is 1. The van der Waals surface area contributed by atoms with E-state index in [9.17, 15) is 23.2 Å².